The lowest BCUT2D eigenvalue weighted by molar-refractivity contribution is -0.262. The molecule has 0 saturated carbocycles. The number of carbonyl (C=O) groups excluding carboxylic acids is 2. The van der Waals surface area contributed by atoms with E-state index in [0.29, 0.717) is 25.9 Å². The van der Waals surface area contributed by atoms with Crippen molar-refractivity contribution in [1.29, 1.82) is 0 Å². The van der Waals surface area contributed by atoms with E-state index in [-0.39, 0.29) is 23.7 Å². The van der Waals surface area contributed by atoms with Crippen LogP contribution in [0.2, 0.25) is 0 Å². The standard InChI is InChI=1S/C24H41NO7/c1-8-19-24(5,29)11-9-18(26)14(2)13-15(3)21(16(4)22(28)31-19)32-23-20(27)17(25(6)7)10-12-30-23/h9,11,14-17,19-21,23,27,29H,8,10,12-13H2,1-7H3/b11-9+/t14-,15-,16-,17-,19+,20+,21-,23-,24+/m0/s1. The molecule has 1 fully saturated rings. The van der Waals surface area contributed by atoms with Crippen molar-refractivity contribution in [2.45, 2.75) is 90.1 Å². The zero-order chi connectivity index (χ0) is 24.2. The Balaban J connectivity index is 2.33. The third-order valence-corrected chi connectivity index (χ3v) is 6.83. The van der Waals surface area contributed by atoms with Crippen LogP contribution in [0.5, 0.6) is 0 Å². The van der Waals surface area contributed by atoms with Gasteiger partial charge in [-0.2, -0.15) is 0 Å². The first-order valence-corrected chi connectivity index (χ1v) is 11.7. The zero-order valence-corrected chi connectivity index (χ0v) is 20.5. The smallest absolute Gasteiger partial charge is 0.311 e. The molecule has 0 unspecified atom stereocenters. The predicted octanol–water partition coefficient (Wildman–Crippen LogP) is 1.92. The molecule has 8 nitrogen and oxygen atoms in total. The summed E-state index contributed by atoms with van der Waals surface area (Å²) in [6, 6.07) is -0.122. The lowest BCUT2D eigenvalue weighted by Gasteiger charge is -2.41. The van der Waals surface area contributed by atoms with Gasteiger partial charge < -0.3 is 29.3 Å². The minimum atomic E-state index is -1.47. The number of carbonyl (C=O) groups is 2. The van der Waals surface area contributed by atoms with Gasteiger partial charge in [-0.1, -0.05) is 20.8 Å². The number of aliphatic hydroxyl groups excluding tert-OH is 1. The van der Waals surface area contributed by atoms with Crippen LogP contribution in [0, 0.1) is 17.8 Å². The van der Waals surface area contributed by atoms with Crippen molar-refractivity contribution in [3.8, 4) is 0 Å². The molecule has 0 aromatic heterocycles. The van der Waals surface area contributed by atoms with Crippen molar-refractivity contribution < 1.29 is 34.0 Å². The van der Waals surface area contributed by atoms with Crippen LogP contribution >= 0.6 is 0 Å². The monoisotopic (exact) mass is 455 g/mol. The Kier molecular flexibility index (Phi) is 9.43. The van der Waals surface area contributed by atoms with Gasteiger partial charge in [0.25, 0.3) is 0 Å². The van der Waals surface area contributed by atoms with Crippen LogP contribution in [0.1, 0.15) is 53.9 Å². The molecule has 32 heavy (non-hydrogen) atoms. The molecular weight excluding hydrogens is 414 g/mol. The Bertz CT molecular complexity index is 677. The van der Waals surface area contributed by atoms with E-state index in [0.717, 1.165) is 0 Å². The molecule has 0 aromatic carbocycles. The Hall–Kier alpha value is -1.32. The van der Waals surface area contributed by atoms with Crippen LogP contribution in [-0.4, -0.2) is 83.8 Å². The third-order valence-electron chi connectivity index (χ3n) is 6.83. The van der Waals surface area contributed by atoms with E-state index in [4.69, 9.17) is 14.2 Å². The third kappa shape index (κ3) is 6.38. The lowest BCUT2D eigenvalue weighted by atomic mass is 9.84. The van der Waals surface area contributed by atoms with Gasteiger partial charge in [0.1, 0.15) is 17.8 Å². The van der Waals surface area contributed by atoms with Crippen molar-refractivity contribution in [2.24, 2.45) is 17.8 Å². The van der Waals surface area contributed by atoms with E-state index >= 15 is 0 Å². The second-order valence-corrected chi connectivity index (χ2v) is 9.85. The highest BCUT2D eigenvalue weighted by atomic mass is 16.7. The molecule has 0 radical (unpaired) electrons. The minimum absolute atomic E-state index is 0.105. The fourth-order valence-corrected chi connectivity index (χ4v) is 4.67. The first-order chi connectivity index (χ1) is 14.9. The molecule has 8 heteroatoms. The molecule has 2 aliphatic heterocycles. The molecule has 2 N–H and O–H groups in total. The first-order valence-electron chi connectivity index (χ1n) is 11.7. The molecule has 2 rings (SSSR count). The summed E-state index contributed by atoms with van der Waals surface area (Å²) in [5.74, 6) is -1.78. The predicted molar refractivity (Wildman–Crippen MR) is 120 cm³/mol. The number of rotatable bonds is 4. The van der Waals surface area contributed by atoms with Crippen molar-refractivity contribution in [3.63, 3.8) is 0 Å². The van der Waals surface area contributed by atoms with Gasteiger partial charge in [-0.25, -0.2) is 0 Å². The van der Waals surface area contributed by atoms with Gasteiger partial charge in [0.05, 0.1) is 18.6 Å². The summed E-state index contributed by atoms with van der Waals surface area (Å²) in [6.07, 6.45) is 1.14. The number of ether oxygens (including phenoxy) is 3. The molecule has 1 saturated heterocycles. The van der Waals surface area contributed by atoms with Gasteiger partial charge in [-0.3, -0.25) is 9.59 Å². The molecule has 0 amide bonds. The van der Waals surface area contributed by atoms with Crippen molar-refractivity contribution >= 4 is 11.8 Å². The van der Waals surface area contributed by atoms with Crippen LogP contribution in [0.15, 0.2) is 12.2 Å². The quantitative estimate of drug-likeness (QED) is 0.620. The van der Waals surface area contributed by atoms with E-state index in [1.807, 2.05) is 39.8 Å². The van der Waals surface area contributed by atoms with E-state index in [9.17, 15) is 19.8 Å². The molecule has 0 aromatic rings. The summed E-state index contributed by atoms with van der Waals surface area (Å²) in [6.45, 7) is 9.26. The molecule has 184 valence electrons. The normalized spacial score (nSPS) is 43.3. The Morgan fingerprint density at radius 2 is 1.91 bits per heavy atom. The fourth-order valence-electron chi connectivity index (χ4n) is 4.67. The maximum absolute atomic E-state index is 13.1. The van der Waals surface area contributed by atoms with Crippen LogP contribution in [-0.2, 0) is 23.8 Å². The number of esters is 1. The highest BCUT2D eigenvalue weighted by Crippen LogP contribution is 2.31. The highest BCUT2D eigenvalue weighted by molar-refractivity contribution is 5.91. The van der Waals surface area contributed by atoms with Crippen LogP contribution in [0.25, 0.3) is 0 Å². The second-order valence-electron chi connectivity index (χ2n) is 9.85. The molecule has 0 aliphatic carbocycles. The maximum Gasteiger partial charge on any atom is 0.311 e. The summed E-state index contributed by atoms with van der Waals surface area (Å²) >= 11 is 0. The summed E-state index contributed by atoms with van der Waals surface area (Å²) in [5.41, 5.74) is -1.47. The summed E-state index contributed by atoms with van der Waals surface area (Å²) in [5, 5.41) is 21.6. The lowest BCUT2D eigenvalue weighted by Crippen LogP contribution is -2.54. The van der Waals surface area contributed by atoms with E-state index in [1.54, 1.807) is 6.92 Å². The molecule has 0 spiro atoms. The number of likely N-dealkylation sites (N-methyl/N-ethyl adjacent to an activating group) is 1. The fraction of sp³-hybridized carbons (Fsp3) is 0.833. The van der Waals surface area contributed by atoms with Crippen molar-refractivity contribution in [1.82, 2.24) is 4.90 Å². The number of hydrogen-bond donors (Lipinski definition) is 2. The van der Waals surface area contributed by atoms with Gasteiger partial charge >= 0.3 is 5.97 Å². The number of allylic oxidation sites excluding steroid dienone is 1. The van der Waals surface area contributed by atoms with E-state index < -0.39 is 42.1 Å². The molecule has 2 heterocycles. The second kappa shape index (κ2) is 11.2. The van der Waals surface area contributed by atoms with E-state index in [2.05, 4.69) is 0 Å². The first kappa shape index (κ1) is 26.9. The van der Waals surface area contributed by atoms with E-state index in [1.165, 1.54) is 19.1 Å². The molecular formula is C24H41NO7. The van der Waals surface area contributed by atoms with Gasteiger partial charge in [0.15, 0.2) is 12.1 Å². The SMILES string of the molecule is CC[C@H]1OC(=O)[C@@H](C)[C@@H](O[C@@H]2OCC[C@H](N(C)C)[C@H]2O)[C@@H](C)C[C@H](C)C(=O)/C=C/[C@@]1(C)O. The Labute approximate surface area is 191 Å². The zero-order valence-electron chi connectivity index (χ0n) is 20.5. The summed E-state index contributed by atoms with van der Waals surface area (Å²) < 4.78 is 17.6. The number of hydrogen-bond acceptors (Lipinski definition) is 8. The number of ketones is 1. The molecule has 0 bridgehead atoms. The van der Waals surface area contributed by atoms with Crippen molar-refractivity contribution in [2.75, 3.05) is 20.7 Å². The topological polar surface area (TPSA) is 106 Å². The Morgan fingerprint density at radius 3 is 2.50 bits per heavy atom. The molecule has 9 atom stereocenters. The van der Waals surface area contributed by atoms with Crippen LogP contribution in [0.3, 0.4) is 0 Å². The number of cyclic esters (lactones) is 1. The van der Waals surface area contributed by atoms with Gasteiger partial charge in [0.2, 0.25) is 0 Å². The highest BCUT2D eigenvalue weighted by Gasteiger charge is 2.42. The average molecular weight is 456 g/mol. The van der Waals surface area contributed by atoms with Crippen LogP contribution in [0.4, 0.5) is 0 Å². The average Bonchev–Trinajstić information content (AvgIpc) is 2.73. The largest absolute Gasteiger partial charge is 0.459 e. The van der Waals surface area contributed by atoms with Gasteiger partial charge in [-0.05, 0) is 65.3 Å². The maximum atomic E-state index is 13.1. The molecule has 2 aliphatic rings. The number of nitrogens with zero attached hydrogens (tertiary/aromatic N) is 1. The summed E-state index contributed by atoms with van der Waals surface area (Å²) in [4.78, 5) is 27.7. The Morgan fingerprint density at radius 1 is 1.25 bits per heavy atom. The van der Waals surface area contributed by atoms with Crippen LogP contribution < -0.4 is 0 Å². The number of aliphatic hydroxyl groups is 2. The van der Waals surface area contributed by atoms with Crippen molar-refractivity contribution in [3.05, 3.63) is 12.2 Å². The van der Waals surface area contributed by atoms with Gasteiger partial charge in [0, 0.05) is 12.0 Å². The summed E-state index contributed by atoms with van der Waals surface area (Å²) in [7, 11) is 3.79. The minimum Gasteiger partial charge on any atom is -0.459 e. The van der Waals surface area contributed by atoms with Gasteiger partial charge in [-0.15, -0.1) is 0 Å².